The number of sulfonamides is 1. The van der Waals surface area contributed by atoms with Crippen LogP contribution in [0.3, 0.4) is 0 Å². The molecule has 0 aliphatic heterocycles. The van der Waals surface area contributed by atoms with Gasteiger partial charge >= 0.3 is 0 Å². The first-order chi connectivity index (χ1) is 12.9. The molecule has 7 heteroatoms. The number of methoxy groups -OCH3 is 2. The molecule has 0 unspecified atom stereocenters. The van der Waals surface area contributed by atoms with Crippen molar-refractivity contribution in [3.63, 3.8) is 0 Å². The molecule has 2 rings (SSSR count). The van der Waals surface area contributed by atoms with Gasteiger partial charge in [-0.25, -0.2) is 13.1 Å². The molecule has 0 spiro atoms. The van der Waals surface area contributed by atoms with E-state index in [2.05, 4.69) is 29.9 Å². The summed E-state index contributed by atoms with van der Waals surface area (Å²) in [6.45, 7) is 9.47. The lowest BCUT2D eigenvalue weighted by Crippen LogP contribution is -2.56. The van der Waals surface area contributed by atoms with E-state index in [0.29, 0.717) is 11.5 Å². The Balaban J connectivity index is 2.63. The summed E-state index contributed by atoms with van der Waals surface area (Å²) in [5.41, 5.74) is 0.505. The van der Waals surface area contributed by atoms with Gasteiger partial charge in [-0.3, -0.25) is 0 Å². The van der Waals surface area contributed by atoms with Crippen molar-refractivity contribution < 1.29 is 17.9 Å². The smallest absolute Gasteiger partial charge is 0.216 e. The molecule has 2 aromatic carbocycles. The minimum atomic E-state index is -3.56. The molecule has 0 bridgehead atoms. The molecule has 28 heavy (non-hydrogen) atoms. The highest BCUT2D eigenvalue weighted by atomic mass is 32.2. The summed E-state index contributed by atoms with van der Waals surface area (Å²) in [6.07, 6.45) is 0. The molecule has 0 amide bonds. The molecule has 0 aliphatic rings. The Labute approximate surface area is 170 Å². The van der Waals surface area contributed by atoms with Gasteiger partial charge < -0.3 is 9.47 Å². The van der Waals surface area contributed by atoms with Crippen LogP contribution in [0.2, 0.25) is 13.1 Å². The van der Waals surface area contributed by atoms with Crippen LogP contribution >= 0.6 is 0 Å². The molecule has 0 fully saturated rings. The Bertz CT molecular complexity index is 906. The van der Waals surface area contributed by atoms with Gasteiger partial charge in [-0.15, -0.1) is 0 Å². The number of nitrogens with one attached hydrogen (secondary N) is 1. The average Bonchev–Trinajstić information content (AvgIpc) is 2.65. The fraction of sp³-hybridized carbons (Fsp3) is 0.429. The summed E-state index contributed by atoms with van der Waals surface area (Å²) in [5.74, 6) is 1.20. The first-order valence-electron chi connectivity index (χ1n) is 9.23. The van der Waals surface area contributed by atoms with Crippen LogP contribution in [0, 0.1) is 0 Å². The van der Waals surface area contributed by atoms with Crippen LogP contribution in [0.5, 0.6) is 11.5 Å². The Kier molecular flexibility index (Phi) is 6.63. The highest BCUT2D eigenvalue weighted by Crippen LogP contribution is 2.34. The van der Waals surface area contributed by atoms with Crippen molar-refractivity contribution in [2.24, 2.45) is 0 Å². The van der Waals surface area contributed by atoms with E-state index >= 15 is 0 Å². The SMILES string of the molecule is COc1ccc([C@H](NS(=O)(=O)C(C)(C)C)[Si](C)(C)c2ccccc2)cc1OC. The zero-order chi connectivity index (χ0) is 21.2. The van der Waals surface area contributed by atoms with Crippen LogP contribution in [-0.2, 0) is 10.0 Å². The third kappa shape index (κ3) is 4.59. The second kappa shape index (κ2) is 8.27. The Morgan fingerprint density at radius 3 is 2.00 bits per heavy atom. The fourth-order valence-electron chi connectivity index (χ4n) is 3.03. The molecule has 5 nitrogen and oxygen atoms in total. The van der Waals surface area contributed by atoms with Crippen LogP contribution < -0.4 is 19.4 Å². The maximum atomic E-state index is 13.0. The summed E-state index contributed by atoms with van der Waals surface area (Å²) in [5, 5.41) is 1.17. The predicted molar refractivity (Wildman–Crippen MR) is 118 cm³/mol. The molecule has 1 atom stereocenters. The van der Waals surface area contributed by atoms with Crippen molar-refractivity contribution >= 4 is 23.3 Å². The Morgan fingerprint density at radius 1 is 0.929 bits per heavy atom. The van der Waals surface area contributed by atoms with Crippen LogP contribution in [0.15, 0.2) is 48.5 Å². The van der Waals surface area contributed by atoms with E-state index in [1.54, 1.807) is 35.0 Å². The van der Waals surface area contributed by atoms with Crippen molar-refractivity contribution in [1.29, 1.82) is 0 Å². The van der Waals surface area contributed by atoms with Crippen LogP contribution in [0.25, 0.3) is 0 Å². The summed E-state index contributed by atoms with van der Waals surface area (Å²) in [4.78, 5) is 0. The summed E-state index contributed by atoms with van der Waals surface area (Å²) in [6, 6.07) is 15.7. The third-order valence-corrected chi connectivity index (χ3v) is 11.2. The number of hydrogen-bond donors (Lipinski definition) is 1. The van der Waals surface area contributed by atoms with E-state index in [-0.39, 0.29) is 5.67 Å². The minimum Gasteiger partial charge on any atom is -0.493 e. The van der Waals surface area contributed by atoms with Crippen LogP contribution in [0.4, 0.5) is 0 Å². The Morgan fingerprint density at radius 2 is 1.50 bits per heavy atom. The van der Waals surface area contributed by atoms with Crippen molar-refractivity contribution in [2.75, 3.05) is 14.2 Å². The maximum Gasteiger partial charge on any atom is 0.216 e. The molecule has 2 aromatic rings. The minimum absolute atomic E-state index is 0.362. The monoisotopic (exact) mass is 421 g/mol. The number of rotatable bonds is 7. The topological polar surface area (TPSA) is 64.6 Å². The van der Waals surface area contributed by atoms with E-state index in [4.69, 9.17) is 9.47 Å². The second-order valence-corrected chi connectivity index (χ2v) is 15.4. The highest BCUT2D eigenvalue weighted by Gasteiger charge is 2.41. The van der Waals surface area contributed by atoms with Crippen molar-refractivity contribution in [3.8, 4) is 11.5 Å². The largest absolute Gasteiger partial charge is 0.493 e. The Hall–Kier alpha value is -1.83. The predicted octanol–water partition coefficient (Wildman–Crippen LogP) is 3.62. The first kappa shape index (κ1) is 22.5. The van der Waals surface area contributed by atoms with E-state index < -0.39 is 22.8 Å². The van der Waals surface area contributed by atoms with Gasteiger partial charge in [-0.05, 0) is 38.5 Å². The standard InChI is InChI=1S/C21H31NO4SSi/c1-21(2,3)27(23,24)22-20(28(6,7)17-11-9-8-10-12-17)16-13-14-18(25-4)19(15-16)26-5/h8-15,20,22H,1-7H3/t20-/m1/s1. The quantitative estimate of drug-likeness (QED) is 0.694. The maximum absolute atomic E-state index is 13.0. The second-order valence-electron chi connectivity index (χ2n) is 8.37. The van der Waals surface area contributed by atoms with Crippen LogP contribution in [0.1, 0.15) is 32.0 Å². The number of hydrogen-bond acceptors (Lipinski definition) is 4. The van der Waals surface area contributed by atoms with Crippen LogP contribution in [-0.4, -0.2) is 35.5 Å². The van der Waals surface area contributed by atoms with E-state index in [1.165, 1.54) is 5.19 Å². The molecule has 1 N–H and O–H groups in total. The summed E-state index contributed by atoms with van der Waals surface area (Å²) < 4.78 is 39.0. The zero-order valence-electron chi connectivity index (χ0n) is 17.7. The molecule has 0 saturated carbocycles. The van der Waals surface area contributed by atoms with Gasteiger partial charge in [0.05, 0.1) is 19.0 Å². The molecule has 154 valence electrons. The van der Waals surface area contributed by atoms with Gasteiger partial charge in [0.2, 0.25) is 10.0 Å². The van der Waals surface area contributed by atoms with Gasteiger partial charge in [0, 0.05) is 5.67 Å². The van der Waals surface area contributed by atoms with Crippen molar-refractivity contribution in [1.82, 2.24) is 4.72 Å². The first-order valence-corrected chi connectivity index (χ1v) is 13.8. The van der Waals surface area contributed by atoms with Crippen molar-refractivity contribution in [2.45, 2.75) is 44.3 Å². The zero-order valence-corrected chi connectivity index (χ0v) is 19.6. The molecule has 0 saturated heterocycles. The number of ether oxygens (including phenoxy) is 2. The van der Waals surface area contributed by atoms with Crippen molar-refractivity contribution in [3.05, 3.63) is 54.1 Å². The van der Waals surface area contributed by atoms with Gasteiger partial charge in [0.25, 0.3) is 0 Å². The van der Waals surface area contributed by atoms with E-state index in [1.807, 2.05) is 36.4 Å². The normalized spacial score (nSPS) is 13.8. The van der Waals surface area contributed by atoms with Gasteiger partial charge in [0.15, 0.2) is 11.5 Å². The lowest BCUT2D eigenvalue weighted by molar-refractivity contribution is 0.354. The summed E-state index contributed by atoms with van der Waals surface area (Å²) >= 11 is 0. The van der Waals surface area contributed by atoms with E-state index in [9.17, 15) is 8.42 Å². The average molecular weight is 422 g/mol. The van der Waals surface area contributed by atoms with Gasteiger partial charge in [-0.1, -0.05) is 54.7 Å². The lowest BCUT2D eigenvalue weighted by Gasteiger charge is -2.36. The van der Waals surface area contributed by atoms with Gasteiger partial charge in [0.1, 0.15) is 8.07 Å². The lowest BCUT2D eigenvalue weighted by atomic mass is 10.2. The van der Waals surface area contributed by atoms with E-state index in [0.717, 1.165) is 5.56 Å². The molecule has 0 aromatic heterocycles. The molecule has 0 heterocycles. The molecule has 0 radical (unpaired) electrons. The third-order valence-electron chi connectivity index (χ3n) is 5.06. The molecule has 0 aliphatic carbocycles. The molecular formula is C21H31NO4SSi. The number of benzene rings is 2. The summed E-state index contributed by atoms with van der Waals surface area (Å²) in [7, 11) is -2.68. The highest BCUT2D eigenvalue weighted by molar-refractivity contribution is 7.90. The molecular weight excluding hydrogens is 390 g/mol. The fourth-order valence-corrected chi connectivity index (χ4v) is 7.87. The van der Waals surface area contributed by atoms with Gasteiger partial charge in [-0.2, -0.15) is 0 Å².